The average Bonchev–Trinajstić information content (AvgIpc) is 3.05. The first-order valence-corrected chi connectivity index (χ1v) is 16.6. The Morgan fingerprint density at radius 3 is 2.60 bits per heavy atom. The van der Waals surface area contributed by atoms with Crippen LogP contribution < -0.4 is 15.6 Å². The smallest absolute Gasteiger partial charge is 0.352 e. The van der Waals surface area contributed by atoms with Gasteiger partial charge in [-0.3, -0.25) is 23.5 Å². The number of carboxylic acid groups (broad SMARTS) is 1. The van der Waals surface area contributed by atoms with Gasteiger partial charge >= 0.3 is 5.97 Å². The van der Waals surface area contributed by atoms with E-state index in [4.69, 9.17) is 42.1 Å². The summed E-state index contributed by atoms with van der Waals surface area (Å²) in [7, 11) is -0.179. The summed E-state index contributed by atoms with van der Waals surface area (Å²) in [6.07, 6.45) is 2.93. The van der Waals surface area contributed by atoms with Crippen molar-refractivity contribution in [2.24, 2.45) is 0 Å². The van der Waals surface area contributed by atoms with Crippen LogP contribution in [0.2, 0.25) is 10.0 Å². The number of allylic oxidation sites excluding steroid dienone is 1. The fourth-order valence-electron chi connectivity index (χ4n) is 5.06. The predicted octanol–water partition coefficient (Wildman–Crippen LogP) is 2.27. The first-order valence-electron chi connectivity index (χ1n) is 14.5. The largest absolute Gasteiger partial charge is 0.489 e. The van der Waals surface area contributed by atoms with Crippen molar-refractivity contribution in [3.05, 3.63) is 80.2 Å². The lowest BCUT2D eigenvalue weighted by Crippen LogP contribution is -2.73. The maximum Gasteiger partial charge on any atom is 0.352 e. The van der Waals surface area contributed by atoms with Crippen molar-refractivity contribution in [3.8, 4) is 17.1 Å². The number of benzene rings is 2. The number of ether oxygens (including phenoxy) is 4. The lowest BCUT2D eigenvalue weighted by Gasteiger charge is -2.48. The number of methoxy groups -OCH3 is 1. The number of β-lactam (4-membered cyclic amide) rings is 1. The van der Waals surface area contributed by atoms with Crippen molar-refractivity contribution in [1.29, 1.82) is 0 Å². The Balaban J connectivity index is 1.24. The van der Waals surface area contributed by atoms with Crippen molar-refractivity contribution < 1.29 is 42.6 Å². The van der Waals surface area contributed by atoms with Gasteiger partial charge in [0.15, 0.2) is 0 Å². The number of carbonyl (C=O) groups is 3. The third-order valence-corrected chi connectivity index (χ3v) is 9.32. The van der Waals surface area contributed by atoms with Gasteiger partial charge in [0.1, 0.15) is 41.9 Å². The minimum absolute atomic E-state index is 0.0709. The van der Waals surface area contributed by atoms with Crippen molar-refractivity contribution in [1.82, 2.24) is 20.2 Å². The van der Waals surface area contributed by atoms with Crippen molar-refractivity contribution >= 4 is 62.7 Å². The topological polar surface area (TPSA) is 186 Å². The van der Waals surface area contributed by atoms with E-state index in [9.17, 15) is 28.5 Å². The monoisotopic (exact) mass is 720 g/mol. The van der Waals surface area contributed by atoms with Crippen molar-refractivity contribution in [3.63, 3.8) is 0 Å². The molecule has 2 unspecified atom stereocenters. The van der Waals surface area contributed by atoms with Gasteiger partial charge in [-0.05, 0) is 48.0 Å². The molecule has 3 atom stereocenters. The molecule has 2 aromatic carbocycles. The summed E-state index contributed by atoms with van der Waals surface area (Å²) in [5.74, 6) is -2.35. The summed E-state index contributed by atoms with van der Waals surface area (Å²) in [5.41, 5.74) is 0.218. The molecule has 254 valence electrons. The summed E-state index contributed by atoms with van der Waals surface area (Å²) in [5, 5.41) is 12.5. The quantitative estimate of drug-likeness (QED) is 0.154. The molecule has 0 bridgehead atoms. The van der Waals surface area contributed by atoms with Gasteiger partial charge in [-0.25, -0.2) is 9.78 Å². The first kappa shape index (κ1) is 35.2. The van der Waals surface area contributed by atoms with Crippen LogP contribution in [-0.2, 0) is 39.4 Å². The molecule has 0 radical (unpaired) electrons. The molecule has 3 aromatic rings. The van der Waals surface area contributed by atoms with Gasteiger partial charge in [-0.1, -0.05) is 29.3 Å². The Bertz CT molecular complexity index is 1880. The third-order valence-electron chi connectivity index (χ3n) is 7.23. The zero-order valence-corrected chi connectivity index (χ0v) is 27.7. The second-order valence-corrected chi connectivity index (χ2v) is 12.8. The number of aromatic nitrogens is 2. The lowest BCUT2D eigenvalue weighted by molar-refractivity contribution is -0.151. The maximum absolute atomic E-state index is 13.1. The minimum atomic E-state index is -1.72. The van der Waals surface area contributed by atoms with Gasteiger partial charge in [-0.2, -0.15) is 0 Å². The number of halogens is 2. The number of H-pyrrole nitrogens is 1. The number of aliphatic carboxylic acids is 1. The molecule has 0 aliphatic carbocycles. The van der Waals surface area contributed by atoms with Gasteiger partial charge in [-0.15, -0.1) is 0 Å². The van der Waals surface area contributed by atoms with E-state index < -0.39 is 45.6 Å². The van der Waals surface area contributed by atoms with Crippen LogP contribution in [0.15, 0.2) is 64.6 Å². The van der Waals surface area contributed by atoms with Crippen molar-refractivity contribution in [2.45, 2.75) is 11.4 Å². The Labute approximate surface area is 286 Å². The highest BCUT2D eigenvalue weighted by atomic mass is 35.5. The Morgan fingerprint density at radius 2 is 1.83 bits per heavy atom. The van der Waals surface area contributed by atoms with Crippen LogP contribution in [-0.4, -0.2) is 106 Å². The van der Waals surface area contributed by atoms with E-state index >= 15 is 0 Å². The second kappa shape index (κ2) is 15.9. The zero-order chi connectivity index (χ0) is 34.4. The summed E-state index contributed by atoms with van der Waals surface area (Å²) < 4.78 is 34.4. The van der Waals surface area contributed by atoms with E-state index in [0.717, 1.165) is 4.90 Å². The number of hydrogen-bond acceptors (Lipinski definition) is 10. The maximum atomic E-state index is 13.1. The molecule has 1 fully saturated rings. The summed E-state index contributed by atoms with van der Waals surface area (Å²) in [6, 6.07) is 8.35. The molecule has 1 aromatic heterocycles. The van der Waals surface area contributed by atoms with Crippen LogP contribution in [0.3, 0.4) is 0 Å². The Morgan fingerprint density at radius 1 is 1.10 bits per heavy atom. The molecule has 0 spiro atoms. The molecule has 17 heteroatoms. The van der Waals surface area contributed by atoms with E-state index in [2.05, 4.69) is 15.3 Å². The Hall–Kier alpha value is -4.12. The van der Waals surface area contributed by atoms with Crippen LogP contribution in [0.1, 0.15) is 0 Å². The summed E-state index contributed by atoms with van der Waals surface area (Å²) in [6.45, 7) is 0.752. The van der Waals surface area contributed by atoms with Crippen LogP contribution >= 0.6 is 23.2 Å². The van der Waals surface area contributed by atoms with Gasteiger partial charge in [0.2, 0.25) is 5.91 Å². The van der Waals surface area contributed by atoms with Crippen LogP contribution in [0.5, 0.6) is 5.75 Å². The standard InChI is InChI=1S/C31H30Cl2N4O10S/c1-44-9-10-45-11-12-46-15-24(38)35-25-29(40)37-26(31(41)42)17(16-48(43)30(25)37)3-2-8-47-23-7-5-19(33)14-21(23)27-34-22-6-4-18(32)13-20(22)28(39)36-27/h2-7,13-14,25,30H,8-12,15-16H2,1H3,(H,35,38)(H,41,42)(H,34,36,39)/t25-,30?,48?/m1/s1. The van der Waals surface area contributed by atoms with Crippen LogP contribution in [0.4, 0.5) is 0 Å². The van der Waals surface area contributed by atoms with Crippen molar-refractivity contribution in [2.75, 3.05) is 52.5 Å². The highest BCUT2D eigenvalue weighted by Crippen LogP contribution is 2.35. The zero-order valence-electron chi connectivity index (χ0n) is 25.4. The molecule has 2 aliphatic rings. The van der Waals surface area contributed by atoms with Gasteiger partial charge in [0, 0.05) is 17.2 Å². The molecule has 3 heterocycles. The van der Waals surface area contributed by atoms with Crippen LogP contribution in [0, 0.1) is 0 Å². The first-order chi connectivity index (χ1) is 23.1. The van der Waals surface area contributed by atoms with E-state index in [1.807, 2.05) is 0 Å². The van der Waals surface area contributed by atoms with Gasteiger partial charge in [0.25, 0.3) is 11.5 Å². The number of carbonyl (C=O) groups excluding carboxylic acids is 2. The number of nitrogens with zero attached hydrogens (tertiary/aromatic N) is 2. The highest BCUT2D eigenvalue weighted by Gasteiger charge is 2.56. The molecule has 2 aliphatic heterocycles. The minimum Gasteiger partial charge on any atom is -0.489 e. The second-order valence-electron chi connectivity index (χ2n) is 10.4. The average molecular weight is 722 g/mol. The van der Waals surface area contributed by atoms with E-state index in [-0.39, 0.29) is 49.3 Å². The number of aromatic amines is 1. The number of rotatable bonds is 15. The fraction of sp³-hybridized carbons (Fsp3) is 0.323. The molecular formula is C31H30Cl2N4O10S. The number of amides is 2. The van der Waals surface area contributed by atoms with E-state index in [0.29, 0.717) is 45.5 Å². The summed E-state index contributed by atoms with van der Waals surface area (Å²) in [4.78, 5) is 58.4. The molecule has 48 heavy (non-hydrogen) atoms. The van der Waals surface area contributed by atoms with Gasteiger partial charge in [0.05, 0.1) is 59.4 Å². The van der Waals surface area contributed by atoms with E-state index in [1.54, 1.807) is 37.4 Å². The molecule has 3 N–H and O–H groups in total. The molecule has 1 saturated heterocycles. The normalized spacial score (nSPS) is 19.0. The summed E-state index contributed by atoms with van der Waals surface area (Å²) >= 11 is 12.2. The molecular weight excluding hydrogens is 691 g/mol. The van der Waals surface area contributed by atoms with Crippen LogP contribution in [0.25, 0.3) is 22.3 Å². The SMILES string of the molecule is COCCOCCOCC(=O)N[C@@H]1C(=O)N2C(C(=O)O)=C(C=CCOc3ccc(Cl)cc3-c3nc4ccc(Cl)cc4c(=O)[nH]3)CS(=O)C12. The molecule has 0 saturated carbocycles. The third kappa shape index (κ3) is 7.94. The lowest BCUT2D eigenvalue weighted by atomic mass is 10.0. The molecule has 14 nitrogen and oxygen atoms in total. The number of fused-ring (bicyclic) bond motifs is 2. The predicted molar refractivity (Wildman–Crippen MR) is 176 cm³/mol. The highest BCUT2D eigenvalue weighted by molar-refractivity contribution is 7.86. The molecule has 2 amide bonds. The Kier molecular flexibility index (Phi) is 11.6. The van der Waals surface area contributed by atoms with Gasteiger partial charge < -0.3 is 34.4 Å². The number of nitrogens with one attached hydrogen (secondary N) is 2. The number of carboxylic acids is 1. The fourth-order valence-corrected chi connectivity index (χ4v) is 7.04. The molecule has 5 rings (SSSR count). The number of hydrogen-bond donors (Lipinski definition) is 3. The van der Waals surface area contributed by atoms with E-state index in [1.165, 1.54) is 18.2 Å².